The van der Waals surface area contributed by atoms with Crippen LogP contribution in [0.3, 0.4) is 0 Å². The number of carboxylic acids is 2. The molecule has 5 amide bonds. The number of para-hydroxylation sites is 1. The summed E-state index contributed by atoms with van der Waals surface area (Å²) in [5, 5.41) is 31.4. The van der Waals surface area contributed by atoms with Crippen LogP contribution in [-0.2, 0) is 59.5 Å². The van der Waals surface area contributed by atoms with Crippen molar-refractivity contribution in [2.75, 3.05) is 69.4 Å². The van der Waals surface area contributed by atoms with E-state index < -0.39 is 35.4 Å². The van der Waals surface area contributed by atoms with E-state index in [1.165, 1.54) is 28.4 Å². The Bertz CT molecular complexity index is 3640. The molecule has 0 saturated heterocycles. The fraction of sp³-hybridized carbons (Fsp3) is 0.446. The molecule has 0 spiro atoms. The lowest BCUT2D eigenvalue weighted by Crippen LogP contribution is -2.64. The number of imide groups is 1. The van der Waals surface area contributed by atoms with Crippen molar-refractivity contribution < 1.29 is 62.7 Å². The summed E-state index contributed by atoms with van der Waals surface area (Å²) in [6, 6.07) is 25.1. The monoisotopic (exact) mass is 1220 g/mol. The van der Waals surface area contributed by atoms with Crippen molar-refractivity contribution in [1.82, 2.24) is 34.9 Å². The Kier molecular flexibility index (Phi) is 17.8. The van der Waals surface area contributed by atoms with E-state index in [0.29, 0.717) is 65.0 Å². The molecule has 12 rings (SSSR count). The second kappa shape index (κ2) is 25.7. The van der Waals surface area contributed by atoms with E-state index in [0.717, 1.165) is 70.5 Å². The van der Waals surface area contributed by atoms with Gasteiger partial charge >= 0.3 is 18.0 Å². The first-order valence-electron chi connectivity index (χ1n) is 29.8. The maximum absolute atomic E-state index is 13.9. The highest BCUT2D eigenvalue weighted by atomic mass is 32.1. The maximum Gasteiger partial charge on any atom is 0.410 e. The van der Waals surface area contributed by atoms with Gasteiger partial charge in [0, 0.05) is 98.8 Å². The van der Waals surface area contributed by atoms with E-state index in [1.54, 1.807) is 30.5 Å². The summed E-state index contributed by atoms with van der Waals surface area (Å²) in [5.41, 5.74) is 4.96. The van der Waals surface area contributed by atoms with Crippen LogP contribution < -0.4 is 20.3 Å². The number of anilines is 2. The molecule has 5 heterocycles. The standard InChI is InChI=1S/C65H72N9O13S/c1-42-47(45-17-18-52(69-57(45)59(81)82)72-25-21-43-11-8-12-46(48(43)33-72)58(80)70-60-68-49-13-5-7-15-51(49)88-60)32-67-74(42)41-64-36-62(2)35-63(3,37-64)39-65(38-62,40-64)87-29-27-71(24-9-16-56(78)79)61(83)86-34-44-10-4-6-14-50(44)85-31-30-84-28-23-66-53(75)22-26-73-54(76)19-20-55(73)77/h4-5,7-8,10-15,17-20,32H,9,16,21-31,33-41H2,1-3H3,(H,66,75)(H,78,79)(H,81,82)(H,68,70,80). The average Bonchev–Trinajstić information content (AvgIpc) is 0.825. The molecule has 4 aliphatic carbocycles. The van der Waals surface area contributed by atoms with E-state index in [4.69, 9.17) is 29.0 Å². The van der Waals surface area contributed by atoms with Gasteiger partial charge in [-0.3, -0.25) is 38.9 Å². The number of hydrogen-bond acceptors (Lipinski definition) is 16. The molecule has 1 radical (unpaired) electrons. The van der Waals surface area contributed by atoms with Crippen LogP contribution in [0.1, 0.15) is 115 Å². The number of aliphatic carboxylic acids is 1. The summed E-state index contributed by atoms with van der Waals surface area (Å²) in [6.07, 6.45) is 9.63. The number of nitrogens with zero attached hydrogens (tertiary/aromatic N) is 7. The third kappa shape index (κ3) is 13.8. The second-order valence-electron chi connectivity index (χ2n) is 24.7. The summed E-state index contributed by atoms with van der Waals surface area (Å²) >= 11 is 1.41. The normalized spacial score (nSPS) is 21.6. The van der Waals surface area contributed by atoms with Gasteiger partial charge in [0.25, 0.3) is 17.7 Å². The molecule has 4 bridgehead atoms. The van der Waals surface area contributed by atoms with E-state index in [2.05, 4.69) is 35.5 Å². The van der Waals surface area contributed by atoms with Crippen LogP contribution in [0, 0.1) is 29.2 Å². The predicted molar refractivity (Wildman–Crippen MR) is 325 cm³/mol. The van der Waals surface area contributed by atoms with Crippen LogP contribution >= 0.6 is 11.3 Å². The van der Waals surface area contributed by atoms with E-state index in [1.807, 2.05) is 65.0 Å². The van der Waals surface area contributed by atoms with Gasteiger partial charge < -0.3 is 44.3 Å². The van der Waals surface area contributed by atoms with Crippen LogP contribution in [0.25, 0.3) is 21.3 Å². The smallest absolute Gasteiger partial charge is 0.410 e. The van der Waals surface area contributed by atoms with Crippen molar-refractivity contribution in [2.24, 2.45) is 16.2 Å². The van der Waals surface area contributed by atoms with Crippen molar-refractivity contribution in [1.29, 1.82) is 0 Å². The molecule has 461 valence electrons. The van der Waals surface area contributed by atoms with Crippen LogP contribution in [0.4, 0.5) is 15.7 Å². The lowest BCUT2D eigenvalue weighted by atomic mass is 9.39. The van der Waals surface area contributed by atoms with Gasteiger partial charge in [-0.15, -0.1) is 0 Å². The third-order valence-corrected chi connectivity index (χ3v) is 18.5. The zero-order valence-corrected chi connectivity index (χ0v) is 50.5. The molecule has 6 aromatic rings. The number of thiazole rings is 1. The molecule has 3 aromatic heterocycles. The zero-order valence-electron chi connectivity index (χ0n) is 49.6. The van der Waals surface area contributed by atoms with Crippen molar-refractivity contribution >= 4 is 74.2 Å². The Morgan fingerprint density at radius 3 is 2.41 bits per heavy atom. The predicted octanol–water partition coefficient (Wildman–Crippen LogP) is 8.64. The summed E-state index contributed by atoms with van der Waals surface area (Å²) < 4.78 is 27.5. The van der Waals surface area contributed by atoms with Gasteiger partial charge in [0.1, 0.15) is 24.8 Å². The number of amides is 5. The first kappa shape index (κ1) is 61.1. The van der Waals surface area contributed by atoms with Crippen molar-refractivity contribution in [2.45, 2.75) is 110 Å². The number of ether oxygens (including phenoxy) is 4. The van der Waals surface area contributed by atoms with Gasteiger partial charge in [-0.2, -0.15) is 5.10 Å². The summed E-state index contributed by atoms with van der Waals surface area (Å²) in [4.78, 5) is 102. The van der Waals surface area contributed by atoms with Crippen LogP contribution in [0.2, 0.25) is 0 Å². The molecule has 3 aromatic carbocycles. The van der Waals surface area contributed by atoms with Gasteiger partial charge in [-0.1, -0.05) is 61.6 Å². The summed E-state index contributed by atoms with van der Waals surface area (Å²) in [6.45, 7) is 9.37. The van der Waals surface area contributed by atoms with Crippen LogP contribution in [0.15, 0.2) is 91.1 Å². The highest BCUT2D eigenvalue weighted by molar-refractivity contribution is 7.22. The number of nitrogens with one attached hydrogen (secondary N) is 2. The van der Waals surface area contributed by atoms with E-state index in [-0.39, 0.29) is 112 Å². The number of aromatic carboxylic acids is 1. The molecule has 22 nitrogen and oxygen atoms in total. The highest BCUT2D eigenvalue weighted by Gasteiger charge is 2.66. The van der Waals surface area contributed by atoms with Crippen LogP contribution in [-0.4, -0.2) is 146 Å². The molecular weight excluding hydrogens is 1150 g/mol. The quantitative estimate of drug-likeness (QED) is 0.0277. The molecule has 2 unspecified atom stereocenters. The molecule has 4 saturated carbocycles. The molecule has 2 aliphatic heterocycles. The minimum Gasteiger partial charge on any atom is -0.491 e. The number of carboxylic acid groups (broad SMARTS) is 2. The number of rotatable bonds is 27. The van der Waals surface area contributed by atoms with Crippen molar-refractivity contribution in [3.05, 3.63) is 131 Å². The fourth-order valence-electron chi connectivity index (χ4n) is 15.0. The van der Waals surface area contributed by atoms with Gasteiger partial charge in [-0.05, 0) is 128 Å². The SMILES string of the molecule is Cc1c(-c2ccc(N3CCc4cccc(C(=O)Nc5nc6ccccc6s5)c4C3)nc2C(=O)O)cnn1CC12CC3(C)CC(C)(C1)CC(OCCN(CCCC(=O)O)C(=O)OCc1cc[c]cc1OCCOCCNC(=O)CCN1C(=O)C=CC1=O)(C3)C2. The summed E-state index contributed by atoms with van der Waals surface area (Å²) in [7, 11) is 0. The maximum atomic E-state index is 13.9. The first-order chi connectivity index (χ1) is 42.3. The third-order valence-electron chi connectivity index (χ3n) is 17.6. The molecule has 4 N–H and O–H groups in total. The lowest BCUT2D eigenvalue weighted by molar-refractivity contribution is -0.248. The van der Waals surface area contributed by atoms with Crippen molar-refractivity contribution in [3.63, 3.8) is 0 Å². The topological polar surface area (TPSA) is 274 Å². The average molecular weight is 1220 g/mol. The van der Waals surface area contributed by atoms with Gasteiger partial charge in [0.15, 0.2) is 10.8 Å². The first-order valence-corrected chi connectivity index (χ1v) is 30.7. The second-order valence-corrected chi connectivity index (χ2v) is 25.8. The minimum absolute atomic E-state index is 0.00814. The number of carbonyl (C=O) groups is 7. The molecule has 23 heteroatoms. The minimum atomic E-state index is -1.16. The Morgan fingerprint density at radius 1 is 0.841 bits per heavy atom. The lowest BCUT2D eigenvalue weighted by Gasteiger charge is -2.69. The largest absolute Gasteiger partial charge is 0.491 e. The Balaban J connectivity index is 0.703. The number of hydrogen-bond donors (Lipinski definition) is 4. The highest BCUT2D eigenvalue weighted by Crippen LogP contribution is 2.72. The van der Waals surface area contributed by atoms with Crippen LogP contribution in [0.5, 0.6) is 5.75 Å². The number of carbonyl (C=O) groups excluding carboxylic acids is 5. The Morgan fingerprint density at radius 2 is 1.64 bits per heavy atom. The van der Waals surface area contributed by atoms with Crippen molar-refractivity contribution in [3.8, 4) is 16.9 Å². The van der Waals surface area contributed by atoms with E-state index in [9.17, 15) is 43.8 Å². The number of aromatic nitrogens is 4. The molecule has 88 heavy (non-hydrogen) atoms. The zero-order chi connectivity index (χ0) is 61.8. The molecular formula is C65H72N9O13S. The van der Waals surface area contributed by atoms with Gasteiger partial charge in [-0.25, -0.2) is 19.6 Å². The fourth-order valence-corrected chi connectivity index (χ4v) is 15.8. The Hall–Kier alpha value is -8.54. The molecule has 4 fully saturated rings. The Labute approximate surface area is 513 Å². The van der Waals surface area contributed by atoms with Gasteiger partial charge in [0.2, 0.25) is 5.91 Å². The molecule has 6 aliphatic rings. The number of benzene rings is 3. The van der Waals surface area contributed by atoms with E-state index >= 15 is 0 Å². The molecule has 2 atom stereocenters. The number of pyridine rings is 1. The summed E-state index contributed by atoms with van der Waals surface area (Å²) in [5.74, 6) is -2.67. The number of fused-ring (bicyclic) bond motifs is 2. The van der Waals surface area contributed by atoms with Gasteiger partial charge in [0.05, 0.1) is 41.8 Å².